The smallest absolute Gasteiger partial charge is 0.339 e. The van der Waals surface area contributed by atoms with Gasteiger partial charge < -0.3 is 5.11 Å². The number of halogens is 2. The number of aromatic nitrogens is 1. The van der Waals surface area contributed by atoms with E-state index in [1.807, 2.05) is 0 Å². The highest BCUT2D eigenvalue weighted by molar-refractivity contribution is 5.89. The molecule has 1 aromatic rings. The van der Waals surface area contributed by atoms with Gasteiger partial charge >= 0.3 is 5.97 Å². The maximum Gasteiger partial charge on any atom is 0.339 e. The molecule has 0 spiro atoms. The van der Waals surface area contributed by atoms with Gasteiger partial charge in [0.25, 0.3) is 0 Å². The van der Waals surface area contributed by atoms with E-state index in [2.05, 4.69) is 4.98 Å². The third kappa shape index (κ3) is 2.09. The summed E-state index contributed by atoms with van der Waals surface area (Å²) in [7, 11) is 0. The largest absolute Gasteiger partial charge is 0.478 e. The van der Waals surface area contributed by atoms with Crippen LogP contribution in [-0.4, -0.2) is 16.1 Å². The highest BCUT2D eigenvalue weighted by Crippen LogP contribution is 2.38. The minimum atomic E-state index is -1.20. The van der Waals surface area contributed by atoms with E-state index in [1.165, 1.54) is 6.20 Å². The first-order chi connectivity index (χ1) is 6.70. The quantitative estimate of drug-likeness (QED) is 0.851. The van der Waals surface area contributed by atoms with Crippen LogP contribution in [0.5, 0.6) is 0 Å². The maximum absolute atomic E-state index is 13.2. The maximum atomic E-state index is 13.2. The molecule has 1 fully saturated rings. The minimum absolute atomic E-state index is 0. The number of pyridine rings is 1. The van der Waals surface area contributed by atoms with Crippen LogP contribution in [0.4, 0.5) is 4.39 Å². The van der Waals surface area contributed by atoms with Crippen LogP contribution >= 0.6 is 12.4 Å². The number of hydrogen-bond donors (Lipinski definition) is 1. The van der Waals surface area contributed by atoms with Gasteiger partial charge in [0.05, 0.1) is 6.20 Å². The Morgan fingerprint density at radius 2 is 2.13 bits per heavy atom. The lowest BCUT2D eigenvalue weighted by atomic mass is 9.79. The van der Waals surface area contributed by atoms with Crippen LogP contribution in [0.1, 0.15) is 41.1 Å². The highest BCUT2D eigenvalue weighted by atomic mass is 35.5. The van der Waals surface area contributed by atoms with Crippen molar-refractivity contribution in [3.05, 3.63) is 29.3 Å². The Labute approximate surface area is 92.7 Å². The molecule has 1 N–H and O–H groups in total. The first-order valence-electron chi connectivity index (χ1n) is 4.57. The summed E-state index contributed by atoms with van der Waals surface area (Å²) in [5.41, 5.74) is 0.341. The molecule has 2 rings (SSSR count). The van der Waals surface area contributed by atoms with Crippen LogP contribution in [0.3, 0.4) is 0 Å². The van der Waals surface area contributed by atoms with E-state index in [9.17, 15) is 9.18 Å². The lowest BCUT2D eigenvalue weighted by Crippen LogP contribution is -2.15. The summed E-state index contributed by atoms with van der Waals surface area (Å²) in [5.74, 6) is -1.75. The fourth-order valence-corrected chi connectivity index (χ4v) is 1.70. The van der Waals surface area contributed by atoms with Crippen LogP contribution in [0, 0.1) is 5.82 Å². The van der Waals surface area contributed by atoms with Crippen molar-refractivity contribution in [3.8, 4) is 0 Å². The molecule has 5 heteroatoms. The topological polar surface area (TPSA) is 50.2 Å². The number of carboxylic acids is 1. The third-order valence-corrected chi connectivity index (χ3v) is 2.69. The summed E-state index contributed by atoms with van der Waals surface area (Å²) in [6.07, 6.45) is 5.37. The van der Waals surface area contributed by atoms with Gasteiger partial charge in [-0.3, -0.25) is 4.98 Å². The first-order valence-corrected chi connectivity index (χ1v) is 4.57. The molecule has 0 aromatic carbocycles. The van der Waals surface area contributed by atoms with Crippen LogP contribution in [0.25, 0.3) is 0 Å². The normalized spacial score (nSPS) is 15.3. The van der Waals surface area contributed by atoms with E-state index in [0.717, 1.165) is 25.5 Å². The van der Waals surface area contributed by atoms with Gasteiger partial charge in [0, 0.05) is 6.20 Å². The number of rotatable bonds is 2. The van der Waals surface area contributed by atoms with Gasteiger partial charge in [-0.2, -0.15) is 0 Å². The second-order valence-electron chi connectivity index (χ2n) is 3.52. The van der Waals surface area contributed by atoms with Gasteiger partial charge in [-0.1, -0.05) is 6.42 Å². The van der Waals surface area contributed by atoms with Gasteiger partial charge in [-0.15, -0.1) is 12.4 Å². The van der Waals surface area contributed by atoms with Crippen molar-refractivity contribution in [2.75, 3.05) is 0 Å². The summed E-state index contributed by atoms with van der Waals surface area (Å²) >= 11 is 0. The zero-order valence-electron chi connectivity index (χ0n) is 7.94. The lowest BCUT2D eigenvalue weighted by molar-refractivity contribution is 0.0689. The Morgan fingerprint density at radius 1 is 1.47 bits per heavy atom. The van der Waals surface area contributed by atoms with Gasteiger partial charge in [-0.25, -0.2) is 9.18 Å². The molecular weight excluding hydrogens is 221 g/mol. The van der Waals surface area contributed by atoms with E-state index in [-0.39, 0.29) is 23.9 Å². The fourth-order valence-electron chi connectivity index (χ4n) is 1.70. The lowest BCUT2D eigenvalue weighted by Gasteiger charge is -2.26. The molecule has 0 amide bonds. The van der Waals surface area contributed by atoms with Gasteiger partial charge in [0.1, 0.15) is 5.56 Å². The number of carbonyl (C=O) groups is 1. The van der Waals surface area contributed by atoms with E-state index in [4.69, 9.17) is 5.11 Å². The van der Waals surface area contributed by atoms with Crippen molar-refractivity contribution in [1.82, 2.24) is 4.98 Å². The van der Waals surface area contributed by atoms with Crippen LogP contribution in [0.2, 0.25) is 0 Å². The second-order valence-corrected chi connectivity index (χ2v) is 3.52. The fraction of sp³-hybridized carbons (Fsp3) is 0.400. The number of nitrogens with zero attached hydrogens (tertiary/aromatic N) is 1. The molecule has 0 bridgehead atoms. The number of hydrogen-bond acceptors (Lipinski definition) is 2. The average Bonchev–Trinajstić information content (AvgIpc) is 1.99. The molecule has 1 aliphatic carbocycles. The molecule has 0 aliphatic heterocycles. The van der Waals surface area contributed by atoms with Gasteiger partial charge in [0.2, 0.25) is 0 Å². The van der Waals surface area contributed by atoms with Gasteiger partial charge in [-0.05, 0) is 24.3 Å². The van der Waals surface area contributed by atoms with Gasteiger partial charge in [0.15, 0.2) is 5.82 Å². The zero-order valence-corrected chi connectivity index (χ0v) is 8.76. The average molecular weight is 232 g/mol. The summed E-state index contributed by atoms with van der Waals surface area (Å²) in [6.45, 7) is 0. The van der Waals surface area contributed by atoms with Crippen molar-refractivity contribution in [2.45, 2.75) is 25.2 Å². The van der Waals surface area contributed by atoms with Crippen molar-refractivity contribution >= 4 is 18.4 Å². The molecule has 0 atom stereocenters. The summed E-state index contributed by atoms with van der Waals surface area (Å²) < 4.78 is 13.2. The Balaban J connectivity index is 0.00000112. The van der Waals surface area contributed by atoms with Crippen molar-refractivity contribution < 1.29 is 14.3 Å². The van der Waals surface area contributed by atoms with E-state index >= 15 is 0 Å². The Morgan fingerprint density at radius 3 is 2.60 bits per heavy atom. The molecule has 0 radical (unpaired) electrons. The zero-order chi connectivity index (χ0) is 10.1. The SMILES string of the molecule is Cl.O=C(O)c1c(F)cncc1C1CCC1. The number of carboxylic acid groups (broad SMARTS) is 1. The molecule has 1 heterocycles. The standard InChI is InChI=1S/C10H10FNO2.ClH/c11-8-5-12-4-7(6-2-1-3-6)9(8)10(13)14;/h4-6H,1-3H2,(H,13,14);1H. The Bertz CT molecular complexity index is 380. The van der Waals surface area contributed by atoms with E-state index < -0.39 is 11.8 Å². The Hall–Kier alpha value is -1.16. The Kier molecular flexibility index (Phi) is 3.63. The third-order valence-electron chi connectivity index (χ3n) is 2.69. The molecule has 15 heavy (non-hydrogen) atoms. The molecule has 3 nitrogen and oxygen atoms in total. The van der Waals surface area contributed by atoms with Crippen molar-refractivity contribution in [3.63, 3.8) is 0 Å². The molecular formula is C10H11ClFNO2. The van der Waals surface area contributed by atoms with Crippen LogP contribution < -0.4 is 0 Å². The predicted octanol–water partition coefficient (Wildman–Crippen LogP) is 2.61. The summed E-state index contributed by atoms with van der Waals surface area (Å²) in [6, 6.07) is 0. The molecule has 0 saturated heterocycles. The molecule has 1 saturated carbocycles. The highest BCUT2D eigenvalue weighted by Gasteiger charge is 2.26. The van der Waals surface area contributed by atoms with E-state index in [0.29, 0.717) is 5.56 Å². The molecule has 1 aliphatic rings. The summed E-state index contributed by atoms with van der Waals surface area (Å²) in [4.78, 5) is 14.5. The first kappa shape index (κ1) is 11.9. The molecule has 0 unspecified atom stereocenters. The number of aromatic carboxylic acids is 1. The van der Waals surface area contributed by atoms with Crippen LogP contribution in [-0.2, 0) is 0 Å². The predicted molar refractivity (Wildman–Crippen MR) is 55.0 cm³/mol. The summed E-state index contributed by atoms with van der Waals surface area (Å²) in [5, 5.41) is 8.85. The monoisotopic (exact) mass is 231 g/mol. The minimum Gasteiger partial charge on any atom is -0.478 e. The van der Waals surface area contributed by atoms with Crippen molar-refractivity contribution in [1.29, 1.82) is 0 Å². The second kappa shape index (κ2) is 4.57. The molecule has 1 aromatic heterocycles. The van der Waals surface area contributed by atoms with Crippen LogP contribution in [0.15, 0.2) is 12.4 Å². The van der Waals surface area contributed by atoms with E-state index in [1.54, 1.807) is 0 Å². The van der Waals surface area contributed by atoms with Crippen molar-refractivity contribution in [2.24, 2.45) is 0 Å². The molecule has 82 valence electrons.